The summed E-state index contributed by atoms with van der Waals surface area (Å²) in [7, 11) is 0. The zero-order valence-electron chi connectivity index (χ0n) is 4.26. The fourth-order valence-corrected chi connectivity index (χ4v) is 0.427. The average Bonchev–Trinajstić information content (AvgIpc) is 1.90. The summed E-state index contributed by atoms with van der Waals surface area (Å²) < 4.78 is 9.57. The van der Waals surface area contributed by atoms with Gasteiger partial charge in [-0.25, -0.2) is 0 Å². The Morgan fingerprint density at radius 1 is 1.62 bits per heavy atom. The Labute approximate surface area is 47.1 Å². The van der Waals surface area contributed by atoms with Crippen LogP contribution in [0.25, 0.3) is 0 Å². The molecule has 0 aliphatic carbocycles. The lowest BCUT2D eigenvalue weighted by atomic mass is 10.6. The van der Waals surface area contributed by atoms with Gasteiger partial charge in [-0.15, -0.1) is 0 Å². The fourth-order valence-electron chi connectivity index (χ4n) is 0.427. The van der Waals surface area contributed by atoms with Crippen molar-refractivity contribution in [3.8, 4) is 6.07 Å². The fraction of sp³-hybridized carbons (Fsp3) is 0.400. The lowest BCUT2D eigenvalue weighted by Gasteiger charge is -2.08. The van der Waals surface area contributed by atoms with Crippen molar-refractivity contribution in [3.63, 3.8) is 0 Å². The van der Waals surface area contributed by atoms with Crippen LogP contribution in [0.3, 0.4) is 0 Å². The molecule has 42 valence electrons. The number of ether oxygens (including phenoxy) is 2. The van der Waals surface area contributed by atoms with E-state index < -0.39 is 0 Å². The molecule has 0 N–H and O–H groups in total. The number of allylic oxidation sites excluding steroid dienone is 1. The first-order valence-corrected chi connectivity index (χ1v) is 2.28. The van der Waals surface area contributed by atoms with Gasteiger partial charge in [0.15, 0.2) is 0 Å². The summed E-state index contributed by atoms with van der Waals surface area (Å²) in [4.78, 5) is 0. The predicted molar refractivity (Wildman–Crippen MR) is 25.6 cm³/mol. The average molecular weight is 111 g/mol. The van der Waals surface area contributed by atoms with Gasteiger partial charge in [-0.3, -0.25) is 0 Å². The van der Waals surface area contributed by atoms with Crippen molar-refractivity contribution in [2.75, 3.05) is 13.2 Å². The minimum atomic E-state index is 0.260. The molecular weight excluding hydrogens is 106 g/mol. The van der Waals surface area contributed by atoms with E-state index in [0.717, 1.165) is 0 Å². The zero-order chi connectivity index (χ0) is 5.82. The Kier molecular flexibility index (Phi) is 1.38. The second-order valence-electron chi connectivity index (χ2n) is 1.31. The van der Waals surface area contributed by atoms with Gasteiger partial charge in [-0.1, -0.05) is 0 Å². The molecule has 1 heterocycles. The van der Waals surface area contributed by atoms with Gasteiger partial charge in [0, 0.05) is 0 Å². The van der Waals surface area contributed by atoms with Crippen LogP contribution in [-0.2, 0) is 9.47 Å². The molecule has 0 bridgehead atoms. The Balaban J connectivity index is 2.53. The Bertz CT molecular complexity index is 145. The topological polar surface area (TPSA) is 42.2 Å². The van der Waals surface area contributed by atoms with Crippen molar-refractivity contribution in [2.24, 2.45) is 0 Å². The molecular formula is C5H5NO2. The molecule has 8 heavy (non-hydrogen) atoms. The summed E-state index contributed by atoms with van der Waals surface area (Å²) in [6, 6.07) is 1.82. The van der Waals surface area contributed by atoms with E-state index in [1.807, 2.05) is 6.07 Å². The van der Waals surface area contributed by atoms with Crippen molar-refractivity contribution < 1.29 is 9.47 Å². The van der Waals surface area contributed by atoms with Crippen molar-refractivity contribution in [2.45, 2.75) is 0 Å². The molecule has 1 aliphatic heterocycles. The standard InChI is InChI=1S/C5H5NO2/c6-3-5-4-7-1-2-8-5/h4H,1-2H2. The number of hydrogen-bond acceptors (Lipinski definition) is 3. The first-order valence-electron chi connectivity index (χ1n) is 2.28. The maximum Gasteiger partial charge on any atom is 0.232 e. The number of rotatable bonds is 0. The quantitative estimate of drug-likeness (QED) is 0.454. The summed E-state index contributed by atoms with van der Waals surface area (Å²) >= 11 is 0. The van der Waals surface area contributed by atoms with Gasteiger partial charge in [0.05, 0.1) is 0 Å². The minimum absolute atomic E-state index is 0.260. The van der Waals surface area contributed by atoms with Crippen molar-refractivity contribution >= 4 is 0 Å². The molecule has 0 aromatic carbocycles. The summed E-state index contributed by atoms with van der Waals surface area (Å²) in [5.74, 6) is 0.260. The van der Waals surface area contributed by atoms with Crippen molar-refractivity contribution in [1.29, 1.82) is 5.26 Å². The van der Waals surface area contributed by atoms with E-state index >= 15 is 0 Å². The second-order valence-corrected chi connectivity index (χ2v) is 1.31. The van der Waals surface area contributed by atoms with E-state index in [2.05, 4.69) is 0 Å². The van der Waals surface area contributed by atoms with Crippen LogP contribution < -0.4 is 0 Å². The summed E-state index contributed by atoms with van der Waals surface area (Å²) in [5, 5.41) is 8.17. The molecule has 1 rings (SSSR count). The highest BCUT2D eigenvalue weighted by atomic mass is 16.6. The van der Waals surface area contributed by atoms with E-state index in [9.17, 15) is 0 Å². The second kappa shape index (κ2) is 2.22. The third kappa shape index (κ3) is 0.909. The molecule has 0 unspecified atom stereocenters. The zero-order valence-corrected chi connectivity index (χ0v) is 4.26. The Morgan fingerprint density at radius 3 is 2.88 bits per heavy atom. The van der Waals surface area contributed by atoms with Gasteiger partial charge in [-0.2, -0.15) is 5.26 Å². The van der Waals surface area contributed by atoms with E-state index in [-0.39, 0.29) is 5.76 Å². The molecule has 0 radical (unpaired) electrons. The monoisotopic (exact) mass is 111 g/mol. The first kappa shape index (κ1) is 4.98. The van der Waals surface area contributed by atoms with Crippen LogP contribution in [0.1, 0.15) is 0 Å². The summed E-state index contributed by atoms with van der Waals surface area (Å²) in [6.45, 7) is 1.03. The van der Waals surface area contributed by atoms with Gasteiger partial charge >= 0.3 is 0 Å². The highest BCUT2D eigenvalue weighted by molar-refractivity contribution is 5.10. The maximum absolute atomic E-state index is 8.17. The largest absolute Gasteiger partial charge is 0.493 e. The lowest BCUT2D eigenvalue weighted by Crippen LogP contribution is -2.06. The molecule has 1 aliphatic rings. The highest BCUT2D eigenvalue weighted by Crippen LogP contribution is 2.00. The van der Waals surface area contributed by atoms with Crippen molar-refractivity contribution in [3.05, 3.63) is 12.0 Å². The third-order valence-electron chi connectivity index (χ3n) is 0.759. The molecule has 0 amide bonds. The van der Waals surface area contributed by atoms with E-state index in [1.54, 1.807) is 0 Å². The normalized spacial score (nSPS) is 17.1. The molecule has 0 spiro atoms. The van der Waals surface area contributed by atoms with Crippen LogP contribution in [0.4, 0.5) is 0 Å². The minimum Gasteiger partial charge on any atom is -0.493 e. The lowest BCUT2D eigenvalue weighted by molar-refractivity contribution is 0.0936. The van der Waals surface area contributed by atoms with Crippen LogP contribution in [0.5, 0.6) is 0 Å². The van der Waals surface area contributed by atoms with Gasteiger partial charge in [0.1, 0.15) is 25.5 Å². The molecule has 0 aromatic rings. The van der Waals surface area contributed by atoms with E-state index in [1.165, 1.54) is 6.26 Å². The first-order chi connectivity index (χ1) is 3.93. The van der Waals surface area contributed by atoms with E-state index in [4.69, 9.17) is 14.7 Å². The Hall–Kier alpha value is -1.17. The van der Waals surface area contributed by atoms with Crippen LogP contribution in [0.15, 0.2) is 12.0 Å². The van der Waals surface area contributed by atoms with Gasteiger partial charge in [0.2, 0.25) is 5.76 Å². The molecule has 0 saturated carbocycles. The molecule has 3 heteroatoms. The Morgan fingerprint density at radius 2 is 2.50 bits per heavy atom. The SMILES string of the molecule is N#CC1=COCCO1. The van der Waals surface area contributed by atoms with Crippen LogP contribution in [0, 0.1) is 11.3 Å². The number of hydrogen-bond donors (Lipinski definition) is 0. The maximum atomic E-state index is 8.17. The summed E-state index contributed by atoms with van der Waals surface area (Å²) in [5.41, 5.74) is 0. The van der Waals surface area contributed by atoms with E-state index in [0.29, 0.717) is 13.2 Å². The predicted octanol–water partition coefficient (Wildman–Crippen LogP) is 0.398. The van der Waals surface area contributed by atoms with Crippen LogP contribution in [-0.4, -0.2) is 13.2 Å². The smallest absolute Gasteiger partial charge is 0.232 e. The van der Waals surface area contributed by atoms with Crippen LogP contribution in [0.2, 0.25) is 0 Å². The molecule has 3 nitrogen and oxygen atoms in total. The third-order valence-corrected chi connectivity index (χ3v) is 0.759. The number of nitrogens with zero attached hydrogens (tertiary/aromatic N) is 1. The van der Waals surface area contributed by atoms with Crippen LogP contribution >= 0.6 is 0 Å². The molecule has 0 aromatic heterocycles. The molecule has 0 saturated heterocycles. The summed E-state index contributed by atoms with van der Waals surface area (Å²) in [6.07, 6.45) is 1.32. The number of nitriles is 1. The van der Waals surface area contributed by atoms with Gasteiger partial charge in [-0.05, 0) is 0 Å². The molecule has 0 fully saturated rings. The van der Waals surface area contributed by atoms with Crippen molar-refractivity contribution in [1.82, 2.24) is 0 Å². The van der Waals surface area contributed by atoms with Gasteiger partial charge < -0.3 is 9.47 Å². The highest BCUT2D eigenvalue weighted by Gasteiger charge is 2.00. The molecule has 0 atom stereocenters. The van der Waals surface area contributed by atoms with Gasteiger partial charge in [0.25, 0.3) is 0 Å².